The van der Waals surface area contributed by atoms with Gasteiger partial charge in [-0.1, -0.05) is 0 Å². The molecule has 1 rings (SSSR count). The average Bonchev–Trinajstić information content (AvgIpc) is 2.55. The normalized spacial score (nSPS) is 16.1. The van der Waals surface area contributed by atoms with Crippen molar-refractivity contribution >= 4 is 0 Å². The molecule has 0 radical (unpaired) electrons. The molecule has 0 bridgehead atoms. The third-order valence-corrected chi connectivity index (χ3v) is 2.45. The number of nitrogens with two attached hydrogens (primary N) is 1. The molecule has 0 aliphatic heterocycles. The second-order valence-corrected chi connectivity index (χ2v) is 3.65. The average molecular weight is 182 g/mol. The first-order valence-corrected chi connectivity index (χ1v) is 4.55. The summed E-state index contributed by atoms with van der Waals surface area (Å²) in [6, 6.07) is 4.34. The predicted molar refractivity (Wildman–Crippen MR) is 53.5 cm³/mol. The van der Waals surface area contributed by atoms with Gasteiger partial charge in [-0.2, -0.15) is 0 Å². The molecule has 0 spiro atoms. The zero-order valence-corrected chi connectivity index (χ0v) is 8.53. The fourth-order valence-corrected chi connectivity index (χ4v) is 1.21. The molecule has 1 heterocycles. The summed E-state index contributed by atoms with van der Waals surface area (Å²) in [5.74, 6) is 0.959. The van der Waals surface area contributed by atoms with E-state index in [1.54, 1.807) is 6.26 Å². The predicted octanol–water partition coefficient (Wildman–Crippen LogP) is 1.10. The lowest BCUT2D eigenvalue weighted by molar-refractivity contribution is 0.265. The summed E-state index contributed by atoms with van der Waals surface area (Å²) < 4.78 is 5.24. The molecule has 0 saturated heterocycles. The van der Waals surface area contributed by atoms with E-state index in [1.165, 1.54) is 0 Å². The van der Waals surface area contributed by atoms with Gasteiger partial charge in [-0.05, 0) is 33.2 Å². The van der Waals surface area contributed by atoms with Crippen molar-refractivity contribution in [3.8, 4) is 0 Å². The molecule has 0 aromatic carbocycles. The van der Waals surface area contributed by atoms with Crippen LogP contribution in [0.4, 0.5) is 0 Å². The van der Waals surface area contributed by atoms with Crippen LogP contribution in [0.3, 0.4) is 0 Å². The Labute approximate surface area is 79.5 Å². The van der Waals surface area contributed by atoms with Gasteiger partial charge in [0.05, 0.1) is 6.26 Å². The van der Waals surface area contributed by atoms with E-state index < -0.39 is 0 Å². The van der Waals surface area contributed by atoms with E-state index in [0.717, 1.165) is 12.2 Å². The maximum atomic E-state index is 6.01. The third kappa shape index (κ3) is 2.86. The Morgan fingerprint density at radius 2 is 2.23 bits per heavy atom. The van der Waals surface area contributed by atoms with Crippen LogP contribution in [0.15, 0.2) is 22.8 Å². The monoisotopic (exact) mass is 182 g/mol. The largest absolute Gasteiger partial charge is 0.469 e. The molecule has 74 valence electrons. The first-order chi connectivity index (χ1) is 6.11. The van der Waals surface area contributed by atoms with Gasteiger partial charge in [-0.25, -0.2) is 0 Å². The van der Waals surface area contributed by atoms with Crippen LogP contribution in [0.2, 0.25) is 0 Å². The van der Waals surface area contributed by atoms with Gasteiger partial charge in [0.1, 0.15) is 5.76 Å². The van der Waals surface area contributed by atoms with E-state index >= 15 is 0 Å². The van der Waals surface area contributed by atoms with Crippen molar-refractivity contribution < 1.29 is 4.42 Å². The van der Waals surface area contributed by atoms with Crippen LogP contribution in [0.1, 0.15) is 12.7 Å². The highest BCUT2D eigenvalue weighted by atomic mass is 16.3. The summed E-state index contributed by atoms with van der Waals surface area (Å²) in [6.45, 7) is 2.12. The van der Waals surface area contributed by atoms with Crippen molar-refractivity contribution in [2.45, 2.75) is 25.4 Å². The van der Waals surface area contributed by atoms with Crippen molar-refractivity contribution in [3.63, 3.8) is 0 Å². The number of furan rings is 1. The van der Waals surface area contributed by atoms with Crippen LogP contribution in [-0.4, -0.2) is 31.1 Å². The van der Waals surface area contributed by atoms with Crippen molar-refractivity contribution in [1.29, 1.82) is 0 Å². The Morgan fingerprint density at radius 1 is 1.54 bits per heavy atom. The molecule has 3 nitrogen and oxygen atoms in total. The summed E-state index contributed by atoms with van der Waals surface area (Å²) in [6.07, 6.45) is 2.48. The SMILES string of the molecule is CC(C(N)Cc1ccco1)N(C)C. The molecular weight excluding hydrogens is 164 g/mol. The van der Waals surface area contributed by atoms with Crippen molar-refractivity contribution in [1.82, 2.24) is 4.90 Å². The van der Waals surface area contributed by atoms with Crippen molar-refractivity contribution in [3.05, 3.63) is 24.2 Å². The highest BCUT2D eigenvalue weighted by molar-refractivity contribution is 5.01. The number of likely N-dealkylation sites (N-methyl/N-ethyl adjacent to an activating group) is 1. The lowest BCUT2D eigenvalue weighted by atomic mass is 10.1. The number of rotatable bonds is 4. The van der Waals surface area contributed by atoms with Gasteiger partial charge in [0.15, 0.2) is 0 Å². The van der Waals surface area contributed by atoms with E-state index in [0.29, 0.717) is 6.04 Å². The summed E-state index contributed by atoms with van der Waals surface area (Å²) in [5.41, 5.74) is 6.01. The number of nitrogens with zero attached hydrogens (tertiary/aromatic N) is 1. The Bertz CT molecular complexity index is 231. The minimum atomic E-state index is 0.126. The lowest BCUT2D eigenvalue weighted by Gasteiger charge is -2.25. The first kappa shape index (κ1) is 10.3. The minimum Gasteiger partial charge on any atom is -0.469 e. The Hall–Kier alpha value is -0.800. The lowest BCUT2D eigenvalue weighted by Crippen LogP contribution is -2.43. The molecule has 2 unspecified atom stereocenters. The molecule has 0 saturated carbocycles. The first-order valence-electron chi connectivity index (χ1n) is 4.55. The van der Waals surface area contributed by atoms with E-state index in [9.17, 15) is 0 Å². The molecular formula is C10H18N2O. The van der Waals surface area contributed by atoms with E-state index in [1.807, 2.05) is 26.2 Å². The summed E-state index contributed by atoms with van der Waals surface area (Å²) in [5, 5.41) is 0. The molecule has 1 aromatic heterocycles. The highest BCUT2D eigenvalue weighted by Gasteiger charge is 2.15. The van der Waals surface area contributed by atoms with Crippen LogP contribution in [-0.2, 0) is 6.42 Å². The molecule has 0 fully saturated rings. The number of hydrogen-bond acceptors (Lipinski definition) is 3. The maximum absolute atomic E-state index is 6.01. The fraction of sp³-hybridized carbons (Fsp3) is 0.600. The van der Waals surface area contributed by atoms with E-state index in [2.05, 4.69) is 11.8 Å². The standard InChI is InChI=1S/C10H18N2O/c1-8(12(2)3)10(11)7-9-5-4-6-13-9/h4-6,8,10H,7,11H2,1-3H3. The van der Waals surface area contributed by atoms with Gasteiger partial charge < -0.3 is 15.1 Å². The van der Waals surface area contributed by atoms with Crippen LogP contribution in [0.25, 0.3) is 0 Å². The smallest absolute Gasteiger partial charge is 0.105 e. The Balaban J connectivity index is 2.45. The topological polar surface area (TPSA) is 42.4 Å². The van der Waals surface area contributed by atoms with E-state index in [-0.39, 0.29) is 6.04 Å². The van der Waals surface area contributed by atoms with Crippen LogP contribution < -0.4 is 5.73 Å². The summed E-state index contributed by atoms with van der Waals surface area (Å²) >= 11 is 0. The Morgan fingerprint density at radius 3 is 2.69 bits per heavy atom. The molecule has 2 atom stereocenters. The molecule has 13 heavy (non-hydrogen) atoms. The van der Waals surface area contributed by atoms with Crippen LogP contribution in [0.5, 0.6) is 0 Å². The second-order valence-electron chi connectivity index (χ2n) is 3.65. The van der Waals surface area contributed by atoms with Gasteiger partial charge >= 0.3 is 0 Å². The van der Waals surface area contributed by atoms with Gasteiger partial charge in [0.25, 0.3) is 0 Å². The second kappa shape index (κ2) is 4.44. The molecule has 1 aromatic rings. The van der Waals surface area contributed by atoms with Gasteiger partial charge in [-0.15, -0.1) is 0 Å². The maximum Gasteiger partial charge on any atom is 0.105 e. The molecule has 3 heteroatoms. The summed E-state index contributed by atoms with van der Waals surface area (Å²) in [7, 11) is 4.07. The fourth-order valence-electron chi connectivity index (χ4n) is 1.21. The minimum absolute atomic E-state index is 0.126. The van der Waals surface area contributed by atoms with Gasteiger partial charge in [0.2, 0.25) is 0 Å². The molecule has 0 aliphatic carbocycles. The zero-order chi connectivity index (χ0) is 9.84. The quantitative estimate of drug-likeness (QED) is 0.758. The highest BCUT2D eigenvalue weighted by Crippen LogP contribution is 2.07. The Kier molecular flexibility index (Phi) is 3.51. The molecule has 2 N–H and O–H groups in total. The molecule has 0 aliphatic rings. The summed E-state index contributed by atoms with van der Waals surface area (Å²) in [4.78, 5) is 2.12. The number of hydrogen-bond donors (Lipinski definition) is 1. The van der Waals surface area contributed by atoms with Crippen LogP contribution in [0, 0.1) is 0 Å². The van der Waals surface area contributed by atoms with Crippen molar-refractivity contribution in [2.24, 2.45) is 5.73 Å². The van der Waals surface area contributed by atoms with Gasteiger partial charge in [-0.3, -0.25) is 0 Å². The zero-order valence-electron chi connectivity index (χ0n) is 8.53. The van der Waals surface area contributed by atoms with Gasteiger partial charge in [0, 0.05) is 18.5 Å². The molecule has 0 amide bonds. The van der Waals surface area contributed by atoms with Crippen molar-refractivity contribution in [2.75, 3.05) is 14.1 Å². The van der Waals surface area contributed by atoms with Crippen LogP contribution >= 0.6 is 0 Å². The van der Waals surface area contributed by atoms with E-state index in [4.69, 9.17) is 10.2 Å². The third-order valence-electron chi connectivity index (χ3n) is 2.45.